The molecule has 1 fully saturated rings. The lowest BCUT2D eigenvalue weighted by molar-refractivity contribution is -0.137. The molecule has 1 heterocycles. The molecular weight excluding hydrogens is 368 g/mol. The van der Waals surface area contributed by atoms with Crippen molar-refractivity contribution in [2.75, 3.05) is 6.61 Å². The van der Waals surface area contributed by atoms with Crippen molar-refractivity contribution in [2.45, 2.75) is 41.1 Å². The Morgan fingerprint density at radius 1 is 0.786 bits per heavy atom. The van der Waals surface area contributed by atoms with Crippen LogP contribution in [-0.2, 0) is 20.4 Å². The minimum atomic E-state index is -0.193. The molecule has 0 bridgehead atoms. The van der Waals surface area contributed by atoms with Crippen molar-refractivity contribution in [3.8, 4) is 5.75 Å². The Kier molecular flexibility index (Phi) is 5.40. The van der Waals surface area contributed by atoms with E-state index in [1.807, 2.05) is 12.1 Å². The minimum absolute atomic E-state index is 0.183. The van der Waals surface area contributed by atoms with Gasteiger partial charge in [-0.1, -0.05) is 35.4 Å². The first-order valence-corrected chi connectivity index (χ1v) is 10.6. The Labute approximate surface area is 168 Å². The normalized spacial score (nSPS) is 16.2. The van der Waals surface area contributed by atoms with Gasteiger partial charge in [-0.05, 0) is 62.4 Å². The number of esters is 1. The number of ether oxygens (including phenoxy) is 2. The van der Waals surface area contributed by atoms with E-state index in [0.717, 1.165) is 5.75 Å². The Bertz CT molecular complexity index is 901. The van der Waals surface area contributed by atoms with Crippen LogP contribution in [0.25, 0.3) is 0 Å². The van der Waals surface area contributed by atoms with Crippen molar-refractivity contribution in [1.29, 1.82) is 0 Å². The number of rotatable bonds is 5. The number of carbonyl (C=O) groups excluding carboxylic acids is 1. The van der Waals surface area contributed by atoms with E-state index in [0.29, 0.717) is 13.0 Å². The lowest BCUT2D eigenvalue weighted by Crippen LogP contribution is -2.16. The maximum absolute atomic E-state index is 11.2. The van der Waals surface area contributed by atoms with Gasteiger partial charge in [-0.15, -0.1) is 0 Å². The van der Waals surface area contributed by atoms with Crippen molar-refractivity contribution >= 4 is 16.9 Å². The van der Waals surface area contributed by atoms with Gasteiger partial charge in [0.05, 0.1) is 17.3 Å². The zero-order chi connectivity index (χ0) is 19.5. The van der Waals surface area contributed by atoms with Gasteiger partial charge in [-0.2, -0.15) is 0 Å². The van der Waals surface area contributed by atoms with Crippen molar-refractivity contribution < 1.29 is 14.3 Å². The number of hydrogen-bond acceptors (Lipinski definition) is 3. The van der Waals surface area contributed by atoms with E-state index >= 15 is 0 Å². The Balaban J connectivity index is 1.63. The fourth-order valence-electron chi connectivity index (χ4n) is 3.17. The first-order valence-electron chi connectivity index (χ1n) is 9.38. The van der Waals surface area contributed by atoms with Crippen LogP contribution in [0.15, 0.2) is 87.5 Å². The predicted octanol–water partition coefficient (Wildman–Crippen LogP) is 5.09. The second-order valence-corrected chi connectivity index (χ2v) is 9.06. The lowest BCUT2D eigenvalue weighted by Gasteiger charge is -2.12. The molecule has 0 N–H and O–H groups in total. The van der Waals surface area contributed by atoms with Crippen LogP contribution in [0.5, 0.6) is 5.75 Å². The highest BCUT2D eigenvalue weighted by Crippen LogP contribution is 2.32. The standard InChI is InChI=1S/C24H23O3S/c1-17-3-9-21(10-4-17)28(22-11-5-18(2)6-12-22)23-13-7-19(8-14-23)27-20-15-24(25)26-16-20/h3-14,20H,15-16H2,1-2H3/q+1. The molecule has 1 saturated heterocycles. The molecule has 4 rings (SSSR count). The van der Waals surface area contributed by atoms with E-state index in [9.17, 15) is 4.79 Å². The summed E-state index contributed by atoms with van der Waals surface area (Å²) in [6.07, 6.45) is 0.129. The Morgan fingerprint density at radius 3 is 1.68 bits per heavy atom. The largest absolute Gasteiger partial charge is 0.486 e. The van der Waals surface area contributed by atoms with Crippen molar-refractivity contribution in [1.82, 2.24) is 0 Å². The quantitative estimate of drug-likeness (QED) is 0.449. The van der Waals surface area contributed by atoms with E-state index in [2.05, 4.69) is 74.5 Å². The van der Waals surface area contributed by atoms with Crippen molar-refractivity contribution in [2.24, 2.45) is 0 Å². The van der Waals surface area contributed by atoms with E-state index < -0.39 is 0 Å². The van der Waals surface area contributed by atoms with E-state index in [1.54, 1.807) is 0 Å². The molecule has 3 aromatic rings. The van der Waals surface area contributed by atoms with Crippen LogP contribution >= 0.6 is 0 Å². The topological polar surface area (TPSA) is 35.5 Å². The summed E-state index contributed by atoms with van der Waals surface area (Å²) >= 11 is 0. The van der Waals surface area contributed by atoms with Crippen LogP contribution in [0.1, 0.15) is 17.5 Å². The summed E-state index contributed by atoms with van der Waals surface area (Å²) in [6.45, 7) is 4.55. The maximum atomic E-state index is 11.2. The summed E-state index contributed by atoms with van der Waals surface area (Å²) in [5.74, 6) is 0.574. The second-order valence-electron chi connectivity index (χ2n) is 7.03. The van der Waals surface area contributed by atoms with Gasteiger partial charge in [-0.3, -0.25) is 4.79 Å². The lowest BCUT2D eigenvalue weighted by atomic mass is 10.2. The molecule has 28 heavy (non-hydrogen) atoms. The fourth-order valence-corrected chi connectivity index (χ4v) is 5.21. The molecule has 4 heteroatoms. The molecule has 0 aliphatic carbocycles. The van der Waals surface area contributed by atoms with Crippen LogP contribution in [0, 0.1) is 13.8 Å². The van der Waals surface area contributed by atoms with Crippen LogP contribution in [0.2, 0.25) is 0 Å². The molecule has 0 radical (unpaired) electrons. The smallest absolute Gasteiger partial charge is 0.309 e. The van der Waals surface area contributed by atoms with E-state index in [1.165, 1.54) is 25.8 Å². The van der Waals surface area contributed by atoms with Crippen molar-refractivity contribution in [3.05, 3.63) is 83.9 Å². The summed E-state index contributed by atoms with van der Waals surface area (Å²) < 4.78 is 10.9. The SMILES string of the molecule is Cc1ccc([S+](c2ccc(C)cc2)c2ccc(OC3COC(=O)C3)cc2)cc1. The zero-order valence-electron chi connectivity index (χ0n) is 16.1. The average Bonchev–Trinajstić information content (AvgIpc) is 3.11. The molecule has 0 aromatic heterocycles. The Hall–Kier alpha value is -2.72. The Morgan fingerprint density at radius 2 is 1.25 bits per heavy atom. The summed E-state index contributed by atoms with van der Waals surface area (Å²) in [6, 6.07) is 25.7. The number of benzene rings is 3. The first kappa shape index (κ1) is 18.6. The van der Waals surface area contributed by atoms with Gasteiger partial charge in [0, 0.05) is 0 Å². The second kappa shape index (κ2) is 8.11. The molecule has 3 aromatic carbocycles. The van der Waals surface area contributed by atoms with Gasteiger partial charge in [0.2, 0.25) is 0 Å². The van der Waals surface area contributed by atoms with Gasteiger partial charge in [-0.25, -0.2) is 0 Å². The van der Waals surface area contributed by atoms with Crippen LogP contribution in [0.3, 0.4) is 0 Å². The zero-order valence-corrected chi connectivity index (χ0v) is 16.9. The average molecular weight is 392 g/mol. The number of cyclic esters (lactones) is 1. The fraction of sp³-hybridized carbons (Fsp3) is 0.208. The predicted molar refractivity (Wildman–Crippen MR) is 111 cm³/mol. The van der Waals surface area contributed by atoms with Crippen LogP contribution in [0.4, 0.5) is 0 Å². The van der Waals surface area contributed by atoms with Crippen LogP contribution in [-0.4, -0.2) is 18.7 Å². The third-order valence-corrected chi connectivity index (χ3v) is 6.93. The summed E-state index contributed by atoms with van der Waals surface area (Å²) in [4.78, 5) is 15.1. The highest BCUT2D eigenvalue weighted by molar-refractivity contribution is 7.97. The molecular formula is C24H23O3S+. The van der Waals surface area contributed by atoms with Gasteiger partial charge < -0.3 is 9.47 Å². The molecule has 1 aliphatic heterocycles. The van der Waals surface area contributed by atoms with E-state index in [-0.39, 0.29) is 23.0 Å². The highest BCUT2D eigenvalue weighted by atomic mass is 32.2. The molecule has 0 amide bonds. The van der Waals surface area contributed by atoms with Crippen LogP contribution < -0.4 is 4.74 Å². The third-order valence-electron chi connectivity index (χ3n) is 4.70. The summed E-state index contributed by atoms with van der Waals surface area (Å²) in [5, 5.41) is 0. The number of carbonyl (C=O) groups is 1. The molecule has 1 aliphatic rings. The minimum Gasteiger partial charge on any atom is -0.486 e. The van der Waals surface area contributed by atoms with Gasteiger partial charge >= 0.3 is 5.97 Å². The molecule has 1 unspecified atom stereocenters. The molecule has 1 atom stereocenters. The maximum Gasteiger partial charge on any atom is 0.309 e. The van der Waals surface area contributed by atoms with Gasteiger partial charge in [0.1, 0.15) is 18.5 Å². The third kappa shape index (κ3) is 4.23. The van der Waals surface area contributed by atoms with Gasteiger partial charge in [0.15, 0.2) is 14.7 Å². The summed E-state index contributed by atoms with van der Waals surface area (Å²) in [5.41, 5.74) is 2.52. The van der Waals surface area contributed by atoms with E-state index in [4.69, 9.17) is 9.47 Å². The summed E-state index contributed by atoms with van der Waals surface area (Å²) in [7, 11) is -0.183. The monoisotopic (exact) mass is 391 g/mol. The molecule has 0 spiro atoms. The van der Waals surface area contributed by atoms with Gasteiger partial charge in [0.25, 0.3) is 0 Å². The molecule has 142 valence electrons. The molecule has 0 saturated carbocycles. The highest BCUT2D eigenvalue weighted by Gasteiger charge is 2.29. The first-order chi connectivity index (χ1) is 13.6. The van der Waals surface area contributed by atoms with Crippen molar-refractivity contribution in [3.63, 3.8) is 0 Å². The molecule has 3 nitrogen and oxygen atoms in total. The number of aryl methyl sites for hydroxylation is 2. The number of hydrogen-bond donors (Lipinski definition) is 0.